The fraction of sp³-hybridized carbons (Fsp3) is 0.333. The number of hydroxylamine groups is 2. The van der Waals surface area contributed by atoms with Crippen molar-refractivity contribution in [2.45, 2.75) is 16.6 Å². The first-order chi connectivity index (χ1) is 9.01. The molecule has 5 nitrogen and oxygen atoms in total. The molecule has 1 aliphatic rings. The van der Waals surface area contributed by atoms with Gasteiger partial charge in [0.1, 0.15) is 0 Å². The van der Waals surface area contributed by atoms with E-state index in [2.05, 4.69) is 5.32 Å². The van der Waals surface area contributed by atoms with Gasteiger partial charge in [0.25, 0.3) is 0 Å². The largest absolute Gasteiger partial charge is 0.324 e. The Morgan fingerprint density at radius 1 is 1.58 bits per heavy atom. The summed E-state index contributed by atoms with van der Waals surface area (Å²) in [5, 5.41) is 3.98. The number of nitrogens with zero attached hydrogens (tertiary/aromatic N) is 1. The van der Waals surface area contributed by atoms with Crippen molar-refractivity contribution in [2.24, 2.45) is 0 Å². The molecule has 1 unspecified atom stereocenters. The van der Waals surface area contributed by atoms with E-state index in [9.17, 15) is 9.59 Å². The lowest BCUT2D eigenvalue weighted by atomic mass is 10.2. The molecule has 2 amide bonds. The molecule has 1 aromatic rings. The van der Waals surface area contributed by atoms with E-state index in [1.165, 1.54) is 25.9 Å². The quantitative estimate of drug-likeness (QED) is 0.869. The van der Waals surface area contributed by atoms with Crippen molar-refractivity contribution in [3.05, 3.63) is 23.2 Å². The average Bonchev–Trinajstić information content (AvgIpc) is 2.38. The monoisotopic (exact) mass is 300 g/mol. The van der Waals surface area contributed by atoms with Crippen LogP contribution in [0.15, 0.2) is 23.1 Å². The molecule has 0 fully saturated rings. The highest BCUT2D eigenvalue weighted by Gasteiger charge is 2.30. The molecule has 19 heavy (non-hydrogen) atoms. The van der Waals surface area contributed by atoms with Crippen LogP contribution in [0.2, 0.25) is 5.02 Å². The summed E-state index contributed by atoms with van der Waals surface area (Å²) in [4.78, 5) is 29.4. The lowest BCUT2D eigenvalue weighted by molar-refractivity contribution is -0.168. The van der Waals surface area contributed by atoms with E-state index >= 15 is 0 Å². The lowest BCUT2D eigenvalue weighted by Gasteiger charge is -2.25. The van der Waals surface area contributed by atoms with Gasteiger partial charge in [0, 0.05) is 17.0 Å². The second-order valence-electron chi connectivity index (χ2n) is 4.01. The Kier molecular flexibility index (Phi) is 4.34. The summed E-state index contributed by atoms with van der Waals surface area (Å²) < 4.78 is 0. The van der Waals surface area contributed by atoms with Gasteiger partial charge >= 0.3 is 0 Å². The summed E-state index contributed by atoms with van der Waals surface area (Å²) in [6.07, 6.45) is 0.0862. The van der Waals surface area contributed by atoms with Crippen molar-refractivity contribution in [3.8, 4) is 0 Å². The standard InChI is InChI=1S/C12H13ClN2O3S/c1-15(18-2)11(16)6-10-12(17)14-8-5-7(13)3-4-9(8)19-10/h3-5,10H,6H2,1-2H3,(H,14,17). The third-order valence-electron chi connectivity index (χ3n) is 2.75. The Bertz CT molecular complexity index is 524. The van der Waals surface area contributed by atoms with E-state index in [0.717, 1.165) is 9.96 Å². The SMILES string of the molecule is CON(C)C(=O)CC1Sc2ccc(Cl)cc2NC1=O. The van der Waals surface area contributed by atoms with Crippen LogP contribution < -0.4 is 5.32 Å². The van der Waals surface area contributed by atoms with Crippen LogP contribution in [0, 0.1) is 0 Å². The minimum Gasteiger partial charge on any atom is -0.324 e. The topological polar surface area (TPSA) is 58.6 Å². The number of anilines is 1. The fourth-order valence-corrected chi connectivity index (χ4v) is 2.90. The normalized spacial score (nSPS) is 17.6. The Balaban J connectivity index is 2.11. The zero-order valence-electron chi connectivity index (χ0n) is 10.5. The van der Waals surface area contributed by atoms with Gasteiger partial charge < -0.3 is 5.32 Å². The number of carbonyl (C=O) groups is 2. The highest BCUT2D eigenvalue weighted by molar-refractivity contribution is 8.01. The Morgan fingerprint density at radius 3 is 3.00 bits per heavy atom. The van der Waals surface area contributed by atoms with Crippen LogP contribution in [0.5, 0.6) is 0 Å². The van der Waals surface area contributed by atoms with Crippen LogP contribution in [-0.2, 0) is 14.4 Å². The van der Waals surface area contributed by atoms with Gasteiger partial charge in [0.2, 0.25) is 11.8 Å². The van der Waals surface area contributed by atoms with Crippen LogP contribution >= 0.6 is 23.4 Å². The molecule has 0 aromatic heterocycles. The zero-order chi connectivity index (χ0) is 14.0. The van der Waals surface area contributed by atoms with Gasteiger partial charge in [-0.25, -0.2) is 5.06 Å². The molecule has 0 saturated carbocycles. The van der Waals surface area contributed by atoms with Crippen molar-refractivity contribution >= 4 is 40.9 Å². The van der Waals surface area contributed by atoms with Crippen LogP contribution in [0.25, 0.3) is 0 Å². The number of nitrogens with one attached hydrogen (secondary N) is 1. The second kappa shape index (κ2) is 5.81. The van der Waals surface area contributed by atoms with Crippen LogP contribution in [0.4, 0.5) is 5.69 Å². The molecule has 1 atom stereocenters. The number of carbonyl (C=O) groups excluding carboxylic acids is 2. The van der Waals surface area contributed by atoms with Crippen LogP contribution in [0.3, 0.4) is 0 Å². The molecular weight excluding hydrogens is 288 g/mol. The number of halogens is 1. The van der Waals surface area contributed by atoms with E-state index in [4.69, 9.17) is 16.4 Å². The first-order valence-electron chi connectivity index (χ1n) is 5.59. The molecule has 0 radical (unpaired) electrons. The predicted octanol–water partition coefficient (Wildman–Crippen LogP) is 2.16. The van der Waals surface area contributed by atoms with Crippen molar-refractivity contribution in [3.63, 3.8) is 0 Å². The second-order valence-corrected chi connectivity index (χ2v) is 5.70. The summed E-state index contributed by atoms with van der Waals surface area (Å²) >= 11 is 7.22. The third kappa shape index (κ3) is 3.20. The van der Waals surface area contributed by atoms with Gasteiger partial charge in [-0.1, -0.05) is 11.6 Å². The summed E-state index contributed by atoms with van der Waals surface area (Å²) in [7, 11) is 2.92. The molecule has 0 saturated heterocycles. The molecule has 1 aromatic carbocycles. The van der Waals surface area contributed by atoms with Crippen LogP contribution in [-0.4, -0.2) is 36.3 Å². The first kappa shape index (κ1) is 14.2. The maximum atomic E-state index is 11.9. The van der Waals surface area contributed by atoms with Crippen molar-refractivity contribution in [1.29, 1.82) is 0 Å². The van der Waals surface area contributed by atoms with Crippen LogP contribution in [0.1, 0.15) is 6.42 Å². The number of hydrogen-bond acceptors (Lipinski definition) is 4. The van der Waals surface area contributed by atoms with E-state index in [-0.39, 0.29) is 18.2 Å². The molecule has 102 valence electrons. The number of fused-ring (bicyclic) bond motifs is 1. The molecule has 1 N–H and O–H groups in total. The summed E-state index contributed by atoms with van der Waals surface area (Å²) in [6, 6.07) is 5.28. The van der Waals surface area contributed by atoms with E-state index in [1.807, 2.05) is 6.07 Å². The van der Waals surface area contributed by atoms with Crippen molar-refractivity contribution in [1.82, 2.24) is 5.06 Å². The summed E-state index contributed by atoms with van der Waals surface area (Å²) in [6.45, 7) is 0. The van der Waals surface area contributed by atoms with Gasteiger partial charge in [-0.3, -0.25) is 14.4 Å². The Morgan fingerprint density at radius 2 is 2.32 bits per heavy atom. The Hall–Kier alpha value is -1.24. The maximum absolute atomic E-state index is 11.9. The highest BCUT2D eigenvalue weighted by Crippen LogP contribution is 2.38. The Labute approximate surface area is 120 Å². The van der Waals surface area contributed by atoms with Gasteiger partial charge in [0.15, 0.2) is 0 Å². The maximum Gasteiger partial charge on any atom is 0.247 e. The van der Waals surface area contributed by atoms with E-state index < -0.39 is 5.25 Å². The zero-order valence-corrected chi connectivity index (χ0v) is 12.0. The van der Waals surface area contributed by atoms with Gasteiger partial charge in [-0.15, -0.1) is 11.8 Å². The molecule has 0 aliphatic carbocycles. The van der Waals surface area contributed by atoms with Crippen molar-refractivity contribution in [2.75, 3.05) is 19.5 Å². The predicted molar refractivity (Wildman–Crippen MR) is 74.1 cm³/mol. The summed E-state index contributed by atoms with van der Waals surface area (Å²) in [5.41, 5.74) is 0.686. The fourth-order valence-electron chi connectivity index (χ4n) is 1.65. The highest BCUT2D eigenvalue weighted by atomic mass is 35.5. The molecule has 1 heterocycles. The van der Waals surface area contributed by atoms with E-state index in [1.54, 1.807) is 12.1 Å². The molecule has 0 spiro atoms. The number of rotatable bonds is 3. The first-order valence-corrected chi connectivity index (χ1v) is 6.84. The minimum atomic E-state index is -0.459. The third-order valence-corrected chi connectivity index (χ3v) is 4.26. The molecule has 0 bridgehead atoms. The number of hydrogen-bond donors (Lipinski definition) is 1. The van der Waals surface area contributed by atoms with Gasteiger partial charge in [-0.2, -0.15) is 0 Å². The average molecular weight is 301 g/mol. The van der Waals surface area contributed by atoms with E-state index in [0.29, 0.717) is 10.7 Å². The van der Waals surface area contributed by atoms with Gasteiger partial charge in [0.05, 0.1) is 24.5 Å². The lowest BCUT2D eigenvalue weighted by Crippen LogP contribution is -2.35. The molecular formula is C12H13ClN2O3S. The summed E-state index contributed by atoms with van der Waals surface area (Å²) in [5.74, 6) is -0.440. The number of benzene rings is 1. The number of amides is 2. The molecule has 7 heteroatoms. The van der Waals surface area contributed by atoms with Gasteiger partial charge in [-0.05, 0) is 18.2 Å². The molecule has 1 aliphatic heterocycles. The number of thioether (sulfide) groups is 1. The molecule has 2 rings (SSSR count). The minimum absolute atomic E-state index is 0.0862. The van der Waals surface area contributed by atoms with Crippen molar-refractivity contribution < 1.29 is 14.4 Å². The smallest absolute Gasteiger partial charge is 0.247 e.